The van der Waals surface area contributed by atoms with E-state index in [1.54, 1.807) is 6.08 Å². The van der Waals surface area contributed by atoms with Gasteiger partial charge in [0.1, 0.15) is 6.10 Å². The molecule has 0 amide bonds. The third kappa shape index (κ3) is 3.49. The van der Waals surface area contributed by atoms with Gasteiger partial charge in [0.15, 0.2) is 5.78 Å². The van der Waals surface area contributed by atoms with Gasteiger partial charge in [-0.3, -0.25) is 4.79 Å². The number of hydrogen-bond donors (Lipinski definition) is 0. The van der Waals surface area contributed by atoms with Crippen molar-refractivity contribution in [3.8, 4) is 0 Å². The zero-order chi connectivity index (χ0) is 17.4. The number of hydrogen-bond acceptors (Lipinski definition) is 3. The Morgan fingerprint density at radius 3 is 2.61 bits per heavy atom. The molecule has 0 aromatic carbocycles. The zero-order valence-corrected chi connectivity index (χ0v) is 14.9. The Hall–Kier alpha value is -1.64. The summed E-state index contributed by atoms with van der Waals surface area (Å²) in [5.74, 6) is -0.0104. The minimum atomic E-state index is -0.263. The van der Waals surface area contributed by atoms with Crippen LogP contribution in [0.25, 0.3) is 0 Å². The van der Waals surface area contributed by atoms with Gasteiger partial charge in [0.25, 0.3) is 0 Å². The van der Waals surface area contributed by atoms with Crippen molar-refractivity contribution in [2.24, 2.45) is 17.3 Å². The maximum absolute atomic E-state index is 12.3. The standard InChI is InChI=1S/C20H28O3/c1-12(2)9-19(22)23-18-8-7-15-10-17(21)16(13(3)4)11-20(15,6)14(18)5/h9-10,14,16,18H,3,7-8,11H2,1-2,4-6H3/t14-,16-,18-,20-/m1/s1. The predicted molar refractivity (Wildman–Crippen MR) is 91.8 cm³/mol. The molecule has 0 saturated heterocycles. The van der Waals surface area contributed by atoms with Gasteiger partial charge in [0.05, 0.1) is 0 Å². The van der Waals surface area contributed by atoms with E-state index in [1.165, 1.54) is 5.57 Å². The molecule has 126 valence electrons. The molecule has 0 heterocycles. The summed E-state index contributed by atoms with van der Waals surface area (Å²) in [5, 5.41) is 0. The summed E-state index contributed by atoms with van der Waals surface area (Å²) in [4.78, 5) is 24.3. The first-order chi connectivity index (χ1) is 10.6. The van der Waals surface area contributed by atoms with E-state index in [0.29, 0.717) is 0 Å². The van der Waals surface area contributed by atoms with E-state index in [-0.39, 0.29) is 35.1 Å². The Morgan fingerprint density at radius 2 is 2.04 bits per heavy atom. The second-order valence-corrected chi connectivity index (χ2v) is 7.62. The minimum Gasteiger partial charge on any atom is -0.459 e. The number of carbonyl (C=O) groups is 2. The topological polar surface area (TPSA) is 43.4 Å². The number of esters is 1. The van der Waals surface area contributed by atoms with Crippen molar-refractivity contribution >= 4 is 11.8 Å². The van der Waals surface area contributed by atoms with E-state index in [1.807, 2.05) is 26.8 Å². The monoisotopic (exact) mass is 316 g/mol. The van der Waals surface area contributed by atoms with Crippen LogP contribution >= 0.6 is 0 Å². The molecule has 0 aromatic rings. The van der Waals surface area contributed by atoms with Crippen LogP contribution in [0.5, 0.6) is 0 Å². The number of ketones is 1. The van der Waals surface area contributed by atoms with Crippen LogP contribution in [-0.2, 0) is 14.3 Å². The lowest BCUT2D eigenvalue weighted by Crippen LogP contribution is -2.46. The third-order valence-electron chi connectivity index (χ3n) is 5.55. The lowest BCUT2D eigenvalue weighted by molar-refractivity contribution is -0.150. The Labute approximate surface area is 139 Å². The number of allylic oxidation sites excluding steroid dienone is 4. The van der Waals surface area contributed by atoms with Crippen LogP contribution in [-0.4, -0.2) is 17.9 Å². The zero-order valence-electron chi connectivity index (χ0n) is 14.9. The maximum atomic E-state index is 12.3. The van der Waals surface area contributed by atoms with Crippen LogP contribution in [0.1, 0.15) is 53.9 Å². The largest absolute Gasteiger partial charge is 0.459 e. The molecular weight excluding hydrogens is 288 g/mol. The summed E-state index contributed by atoms with van der Waals surface area (Å²) in [7, 11) is 0. The Balaban J connectivity index is 2.23. The molecule has 23 heavy (non-hydrogen) atoms. The Bertz CT molecular complexity index is 592. The predicted octanol–water partition coefficient (Wildman–Crippen LogP) is 4.39. The second-order valence-electron chi connectivity index (χ2n) is 7.62. The second kappa shape index (κ2) is 6.46. The molecule has 0 spiro atoms. The van der Waals surface area contributed by atoms with Crippen LogP contribution in [0.15, 0.2) is 35.5 Å². The maximum Gasteiger partial charge on any atom is 0.330 e. The number of fused-ring (bicyclic) bond motifs is 1. The molecule has 1 saturated carbocycles. The fraction of sp³-hybridized carbons (Fsp3) is 0.600. The normalized spacial score (nSPS) is 33.3. The fourth-order valence-corrected chi connectivity index (χ4v) is 3.88. The molecule has 3 nitrogen and oxygen atoms in total. The molecule has 3 heteroatoms. The van der Waals surface area contributed by atoms with Crippen LogP contribution < -0.4 is 0 Å². The van der Waals surface area contributed by atoms with E-state index >= 15 is 0 Å². The van der Waals surface area contributed by atoms with Crippen molar-refractivity contribution in [3.63, 3.8) is 0 Å². The quantitative estimate of drug-likeness (QED) is 0.440. The van der Waals surface area contributed by atoms with E-state index < -0.39 is 0 Å². The van der Waals surface area contributed by atoms with E-state index in [0.717, 1.165) is 30.4 Å². The average Bonchev–Trinajstić information content (AvgIpc) is 2.43. The third-order valence-corrected chi connectivity index (χ3v) is 5.55. The van der Waals surface area contributed by atoms with E-state index in [2.05, 4.69) is 20.4 Å². The molecule has 2 rings (SSSR count). The molecule has 0 radical (unpaired) electrons. The van der Waals surface area contributed by atoms with Crippen molar-refractivity contribution in [1.82, 2.24) is 0 Å². The van der Waals surface area contributed by atoms with E-state index in [4.69, 9.17) is 4.74 Å². The van der Waals surface area contributed by atoms with Gasteiger partial charge < -0.3 is 4.74 Å². The SMILES string of the molecule is C=C(C)[C@H]1C[C@@]2(C)C(=CC1=O)CC[C@@H](OC(=O)C=C(C)C)[C@H]2C. The van der Waals surface area contributed by atoms with Crippen molar-refractivity contribution in [2.45, 2.75) is 60.0 Å². The first-order valence-electron chi connectivity index (χ1n) is 8.41. The van der Waals surface area contributed by atoms with Gasteiger partial charge in [-0.2, -0.15) is 0 Å². The fourth-order valence-electron chi connectivity index (χ4n) is 3.88. The number of rotatable bonds is 3. The van der Waals surface area contributed by atoms with Gasteiger partial charge in [-0.1, -0.05) is 37.1 Å². The van der Waals surface area contributed by atoms with Crippen molar-refractivity contribution < 1.29 is 14.3 Å². The highest BCUT2D eigenvalue weighted by molar-refractivity contribution is 5.95. The van der Waals surface area contributed by atoms with Gasteiger partial charge in [-0.05, 0) is 51.5 Å². The highest BCUT2D eigenvalue weighted by Gasteiger charge is 2.48. The molecule has 0 unspecified atom stereocenters. The number of ether oxygens (including phenoxy) is 1. The molecule has 0 N–H and O–H groups in total. The summed E-state index contributed by atoms with van der Waals surface area (Å²) in [6.07, 6.45) is 5.65. The molecule has 0 aromatic heterocycles. The molecular formula is C20H28O3. The summed E-state index contributed by atoms with van der Waals surface area (Å²) in [6.45, 7) is 14.0. The van der Waals surface area contributed by atoms with Gasteiger partial charge in [0, 0.05) is 17.9 Å². The molecule has 4 atom stereocenters. The smallest absolute Gasteiger partial charge is 0.330 e. The molecule has 2 aliphatic rings. The van der Waals surface area contributed by atoms with Crippen LogP contribution in [0.2, 0.25) is 0 Å². The summed E-state index contributed by atoms with van der Waals surface area (Å²) < 4.78 is 5.70. The first-order valence-corrected chi connectivity index (χ1v) is 8.41. The molecule has 1 fully saturated rings. The molecule has 0 bridgehead atoms. The van der Waals surface area contributed by atoms with Gasteiger partial charge >= 0.3 is 5.97 Å². The summed E-state index contributed by atoms with van der Waals surface area (Å²) in [5.41, 5.74) is 2.96. The van der Waals surface area contributed by atoms with Crippen LogP contribution in [0.3, 0.4) is 0 Å². The lowest BCUT2D eigenvalue weighted by atomic mass is 9.57. The highest BCUT2D eigenvalue weighted by atomic mass is 16.5. The highest BCUT2D eigenvalue weighted by Crippen LogP contribution is 2.52. The Morgan fingerprint density at radius 1 is 1.39 bits per heavy atom. The van der Waals surface area contributed by atoms with Gasteiger partial charge in [-0.15, -0.1) is 0 Å². The van der Waals surface area contributed by atoms with Crippen LogP contribution in [0, 0.1) is 17.3 Å². The van der Waals surface area contributed by atoms with E-state index in [9.17, 15) is 9.59 Å². The van der Waals surface area contributed by atoms with Gasteiger partial charge in [-0.25, -0.2) is 4.79 Å². The Kier molecular flexibility index (Phi) is 4.98. The van der Waals surface area contributed by atoms with Crippen molar-refractivity contribution in [3.05, 3.63) is 35.5 Å². The average molecular weight is 316 g/mol. The summed E-state index contributed by atoms with van der Waals surface area (Å²) >= 11 is 0. The first kappa shape index (κ1) is 17.7. The van der Waals surface area contributed by atoms with Gasteiger partial charge in [0.2, 0.25) is 0 Å². The van der Waals surface area contributed by atoms with Crippen molar-refractivity contribution in [2.75, 3.05) is 0 Å². The number of carbonyl (C=O) groups excluding carboxylic acids is 2. The molecule has 0 aliphatic heterocycles. The van der Waals surface area contributed by atoms with Crippen LogP contribution in [0.4, 0.5) is 0 Å². The van der Waals surface area contributed by atoms with Crippen molar-refractivity contribution in [1.29, 1.82) is 0 Å². The molecule has 2 aliphatic carbocycles. The lowest BCUT2D eigenvalue weighted by Gasteiger charge is -2.49. The summed E-state index contributed by atoms with van der Waals surface area (Å²) in [6, 6.07) is 0. The minimum absolute atomic E-state index is 0.0979.